The molecule has 0 fully saturated rings. The molecule has 2 amide bonds. The molecule has 0 spiro atoms. The third-order valence-electron chi connectivity index (χ3n) is 4.94. The summed E-state index contributed by atoms with van der Waals surface area (Å²) in [7, 11) is 1.52. The first-order valence-electron chi connectivity index (χ1n) is 10.4. The molecule has 1 aromatic heterocycles. The molecule has 33 heavy (non-hydrogen) atoms. The van der Waals surface area contributed by atoms with Gasteiger partial charge < -0.3 is 19.9 Å². The van der Waals surface area contributed by atoms with Gasteiger partial charge in [0.25, 0.3) is 5.91 Å². The molecule has 1 unspecified atom stereocenters. The molecule has 0 aliphatic heterocycles. The van der Waals surface area contributed by atoms with Gasteiger partial charge in [-0.05, 0) is 50.6 Å². The summed E-state index contributed by atoms with van der Waals surface area (Å²) in [5.74, 6) is 0.817. The van der Waals surface area contributed by atoms with Crippen LogP contribution in [-0.2, 0) is 11.3 Å². The van der Waals surface area contributed by atoms with Gasteiger partial charge in [-0.15, -0.1) is 10.2 Å². The monoisotopic (exact) mass is 487 g/mol. The van der Waals surface area contributed by atoms with Gasteiger partial charge in [-0.1, -0.05) is 41.6 Å². The minimum absolute atomic E-state index is 0.158. The number of amides is 2. The van der Waals surface area contributed by atoms with E-state index in [1.807, 2.05) is 37.5 Å². The Bertz CT molecular complexity index is 1150. The SMILES string of the molecule is CCn1c(SCC(=O)Nc2ccc(C)c(Cl)c2)nnc1C(C)NC(=O)c1ccccc1OC. The normalized spacial score (nSPS) is 11.7. The van der Waals surface area contributed by atoms with Crippen LogP contribution in [0.1, 0.15) is 41.6 Å². The van der Waals surface area contributed by atoms with E-state index in [1.165, 1.54) is 18.9 Å². The Labute approximate surface area is 202 Å². The van der Waals surface area contributed by atoms with Gasteiger partial charge in [-0.2, -0.15) is 0 Å². The van der Waals surface area contributed by atoms with E-state index >= 15 is 0 Å². The van der Waals surface area contributed by atoms with Gasteiger partial charge in [-0.3, -0.25) is 9.59 Å². The number of carbonyl (C=O) groups is 2. The maximum Gasteiger partial charge on any atom is 0.255 e. The standard InChI is InChI=1S/C23H26ClN5O3S/c1-5-29-21(15(3)25-22(31)17-8-6-7-9-19(17)32-4)27-28-23(29)33-13-20(30)26-16-11-10-14(2)18(24)12-16/h6-12,15H,5,13H2,1-4H3,(H,25,31)(H,26,30). The Morgan fingerprint density at radius 2 is 1.97 bits per heavy atom. The lowest BCUT2D eigenvalue weighted by atomic mass is 10.1. The van der Waals surface area contributed by atoms with E-state index in [9.17, 15) is 9.59 Å². The molecule has 0 radical (unpaired) electrons. The molecule has 0 saturated carbocycles. The molecule has 3 aromatic rings. The molecule has 2 aromatic carbocycles. The van der Waals surface area contributed by atoms with Gasteiger partial charge in [0.1, 0.15) is 5.75 Å². The largest absolute Gasteiger partial charge is 0.496 e. The van der Waals surface area contributed by atoms with Crippen LogP contribution < -0.4 is 15.4 Å². The van der Waals surface area contributed by atoms with Crippen molar-refractivity contribution in [2.24, 2.45) is 0 Å². The van der Waals surface area contributed by atoms with Crippen molar-refractivity contribution in [3.8, 4) is 5.75 Å². The number of anilines is 1. The molecule has 0 saturated heterocycles. The summed E-state index contributed by atoms with van der Waals surface area (Å²) in [6.45, 7) is 6.29. The number of nitrogens with one attached hydrogen (secondary N) is 2. The van der Waals surface area contributed by atoms with Crippen LogP contribution in [-0.4, -0.2) is 39.4 Å². The predicted octanol–water partition coefficient (Wildman–Crippen LogP) is 4.49. The topological polar surface area (TPSA) is 98.1 Å². The van der Waals surface area contributed by atoms with Crippen LogP contribution in [0.25, 0.3) is 0 Å². The van der Waals surface area contributed by atoms with Crippen molar-refractivity contribution in [3.05, 3.63) is 64.4 Å². The van der Waals surface area contributed by atoms with Crippen LogP contribution in [0.4, 0.5) is 5.69 Å². The Kier molecular flexibility index (Phi) is 8.35. The van der Waals surface area contributed by atoms with E-state index in [0.717, 1.165) is 5.56 Å². The number of rotatable bonds is 9. The van der Waals surface area contributed by atoms with Crippen LogP contribution in [0.3, 0.4) is 0 Å². The molecule has 0 aliphatic rings. The molecule has 10 heteroatoms. The molecule has 2 N–H and O–H groups in total. The zero-order chi connectivity index (χ0) is 24.0. The summed E-state index contributed by atoms with van der Waals surface area (Å²) < 4.78 is 7.15. The Balaban J connectivity index is 1.64. The Morgan fingerprint density at radius 1 is 1.21 bits per heavy atom. The zero-order valence-electron chi connectivity index (χ0n) is 18.9. The number of halogens is 1. The van der Waals surface area contributed by atoms with Crippen molar-refractivity contribution >= 4 is 40.9 Å². The summed E-state index contributed by atoms with van der Waals surface area (Å²) in [4.78, 5) is 25.1. The van der Waals surface area contributed by atoms with Crippen LogP contribution in [0.5, 0.6) is 5.75 Å². The lowest BCUT2D eigenvalue weighted by Gasteiger charge is -2.16. The fraction of sp³-hybridized carbons (Fsp3) is 0.304. The molecular weight excluding hydrogens is 462 g/mol. The number of methoxy groups -OCH3 is 1. The fourth-order valence-corrected chi connectivity index (χ4v) is 4.18. The molecule has 0 aliphatic carbocycles. The van der Waals surface area contributed by atoms with Crippen molar-refractivity contribution in [2.45, 2.75) is 38.5 Å². The maximum atomic E-state index is 12.7. The summed E-state index contributed by atoms with van der Waals surface area (Å²) in [5, 5.41) is 15.5. The summed E-state index contributed by atoms with van der Waals surface area (Å²) in [5.41, 5.74) is 2.03. The predicted molar refractivity (Wildman–Crippen MR) is 130 cm³/mol. The second-order valence-corrected chi connectivity index (χ2v) is 8.63. The Morgan fingerprint density at radius 3 is 2.67 bits per heavy atom. The van der Waals surface area contributed by atoms with Gasteiger partial charge >= 0.3 is 0 Å². The molecule has 3 rings (SSSR count). The van der Waals surface area contributed by atoms with Crippen LogP contribution in [0.15, 0.2) is 47.6 Å². The van der Waals surface area contributed by atoms with Crippen LogP contribution in [0.2, 0.25) is 5.02 Å². The first-order valence-corrected chi connectivity index (χ1v) is 11.8. The average molecular weight is 488 g/mol. The van der Waals surface area contributed by atoms with Gasteiger partial charge in [0.05, 0.1) is 24.5 Å². The minimum Gasteiger partial charge on any atom is -0.496 e. The van der Waals surface area contributed by atoms with Crippen molar-refractivity contribution in [3.63, 3.8) is 0 Å². The lowest BCUT2D eigenvalue weighted by molar-refractivity contribution is -0.113. The number of nitrogens with zero attached hydrogens (tertiary/aromatic N) is 3. The van der Waals surface area contributed by atoms with Crippen molar-refractivity contribution < 1.29 is 14.3 Å². The molecule has 8 nitrogen and oxygen atoms in total. The third-order valence-corrected chi connectivity index (χ3v) is 6.31. The highest BCUT2D eigenvalue weighted by molar-refractivity contribution is 7.99. The maximum absolute atomic E-state index is 12.7. The van der Waals surface area contributed by atoms with Crippen LogP contribution >= 0.6 is 23.4 Å². The second-order valence-electron chi connectivity index (χ2n) is 7.28. The average Bonchev–Trinajstić information content (AvgIpc) is 3.23. The van der Waals surface area contributed by atoms with Crippen LogP contribution in [0, 0.1) is 6.92 Å². The number of hydrogen-bond donors (Lipinski definition) is 2. The van der Waals surface area contributed by atoms with E-state index in [0.29, 0.717) is 39.5 Å². The second kappa shape index (κ2) is 11.2. The molecule has 1 heterocycles. The smallest absolute Gasteiger partial charge is 0.255 e. The first kappa shape index (κ1) is 24.6. The fourth-order valence-electron chi connectivity index (χ4n) is 3.19. The van der Waals surface area contributed by atoms with Gasteiger partial charge in [-0.25, -0.2) is 0 Å². The van der Waals surface area contributed by atoms with Crippen molar-refractivity contribution in [2.75, 3.05) is 18.2 Å². The van der Waals surface area contributed by atoms with Crippen molar-refractivity contribution in [1.82, 2.24) is 20.1 Å². The van der Waals surface area contributed by atoms with Gasteiger partial charge in [0.15, 0.2) is 11.0 Å². The highest BCUT2D eigenvalue weighted by Crippen LogP contribution is 2.24. The van der Waals surface area contributed by atoms with E-state index < -0.39 is 6.04 Å². The summed E-state index contributed by atoms with van der Waals surface area (Å²) >= 11 is 7.40. The molecular formula is C23H26ClN5O3S. The summed E-state index contributed by atoms with van der Waals surface area (Å²) in [6.07, 6.45) is 0. The van der Waals surface area contributed by atoms with Gasteiger partial charge in [0, 0.05) is 17.3 Å². The quantitative estimate of drug-likeness (QED) is 0.431. The number of thioether (sulfide) groups is 1. The number of ether oxygens (including phenoxy) is 1. The number of benzene rings is 2. The number of hydrogen-bond acceptors (Lipinski definition) is 6. The molecule has 0 bridgehead atoms. The lowest BCUT2D eigenvalue weighted by Crippen LogP contribution is -2.29. The highest BCUT2D eigenvalue weighted by Gasteiger charge is 2.21. The van der Waals surface area contributed by atoms with E-state index in [2.05, 4.69) is 20.8 Å². The number of carbonyl (C=O) groups excluding carboxylic acids is 2. The highest BCUT2D eigenvalue weighted by atomic mass is 35.5. The third kappa shape index (κ3) is 6.06. The minimum atomic E-state index is -0.396. The van der Waals surface area contributed by atoms with Crippen molar-refractivity contribution in [1.29, 1.82) is 0 Å². The van der Waals surface area contributed by atoms with E-state index in [1.54, 1.807) is 30.3 Å². The number of aryl methyl sites for hydroxylation is 1. The first-order chi connectivity index (χ1) is 15.8. The number of para-hydroxylation sites is 1. The van der Waals surface area contributed by atoms with Gasteiger partial charge in [0.2, 0.25) is 5.91 Å². The van der Waals surface area contributed by atoms with E-state index in [4.69, 9.17) is 16.3 Å². The summed E-state index contributed by atoms with van der Waals surface area (Å²) in [6, 6.07) is 12.0. The zero-order valence-corrected chi connectivity index (χ0v) is 20.5. The van der Waals surface area contributed by atoms with E-state index in [-0.39, 0.29) is 17.6 Å². The molecule has 174 valence electrons. The molecule has 1 atom stereocenters. The Hall–Kier alpha value is -3.04. The number of aromatic nitrogens is 3.